The van der Waals surface area contributed by atoms with Crippen LogP contribution in [0.1, 0.15) is 27.6 Å². The van der Waals surface area contributed by atoms with E-state index in [1.54, 1.807) is 7.05 Å². The average molecular weight is 652 g/mol. The minimum atomic E-state index is -0.701. The molecule has 1 amide bonds. The Morgan fingerprint density at radius 1 is 0.900 bits per heavy atom. The van der Waals surface area contributed by atoms with Crippen LogP contribution in [0.25, 0.3) is 0 Å². The molecule has 0 aliphatic carbocycles. The lowest BCUT2D eigenvalue weighted by atomic mass is 10.1. The van der Waals surface area contributed by atoms with Gasteiger partial charge in [-0.3, -0.25) is 14.4 Å². The summed E-state index contributed by atoms with van der Waals surface area (Å²) in [5, 5.41) is -1.40. The molecule has 4 nitrogen and oxygen atoms in total. The van der Waals surface area contributed by atoms with Gasteiger partial charge >= 0.3 is 0 Å². The number of halogens is 5. The Morgan fingerprint density at radius 3 is 1.50 bits per heavy atom. The summed E-state index contributed by atoms with van der Waals surface area (Å²) in [5.74, 6) is -0.233. The molecule has 0 saturated carbocycles. The first-order valence-corrected chi connectivity index (χ1v) is 8.94. The molecule has 0 spiro atoms. The van der Waals surface area contributed by atoms with E-state index in [0.717, 1.165) is 0 Å². The second-order valence-corrected chi connectivity index (χ2v) is 7.59. The maximum absolute atomic E-state index is 11.6. The largest absolute Gasteiger partial charge is 0.314 e. The molecule has 0 N–H and O–H groups in total. The molecule has 1 aromatic carbocycles. The van der Waals surface area contributed by atoms with Gasteiger partial charge in [-0.2, -0.15) is 0 Å². The Bertz CT molecular complexity index is 593. The number of hydrogen-bond donors (Lipinski definition) is 0. The fourth-order valence-electron chi connectivity index (χ4n) is 1.45. The van der Waals surface area contributed by atoms with Gasteiger partial charge in [0.05, 0.1) is 24.0 Å². The fourth-order valence-corrected chi connectivity index (χ4v) is 7.33. The maximum atomic E-state index is 11.6. The molecule has 0 bridgehead atoms. The van der Waals surface area contributed by atoms with Crippen molar-refractivity contribution in [2.24, 2.45) is 0 Å². The molecule has 9 heteroatoms. The van der Waals surface area contributed by atoms with E-state index >= 15 is 0 Å². The molecule has 0 aliphatic rings. The van der Waals surface area contributed by atoms with Crippen molar-refractivity contribution in [2.45, 2.75) is 6.92 Å². The van der Waals surface area contributed by atoms with Gasteiger partial charge in [0, 0.05) is 17.5 Å². The normalized spacial score (nSPS) is 10.3. The Hall–Kier alpha value is 0.800. The van der Waals surface area contributed by atoms with Gasteiger partial charge in [-0.05, 0) is 91.0 Å². The summed E-state index contributed by atoms with van der Waals surface area (Å²) in [6.07, 6.45) is 0. The summed E-state index contributed by atoms with van der Waals surface area (Å²) in [6, 6.07) is 0. The van der Waals surface area contributed by atoms with E-state index in [9.17, 15) is 14.4 Å². The number of carbonyl (C=O) groups is 3. The topological polar surface area (TPSA) is 54.5 Å². The minimum absolute atomic E-state index is 0.181. The van der Waals surface area contributed by atoms with E-state index in [2.05, 4.69) is 0 Å². The number of rotatable bonds is 3. The molecule has 0 saturated heterocycles. The van der Waals surface area contributed by atoms with Gasteiger partial charge in [0.2, 0.25) is 5.91 Å². The van der Waals surface area contributed by atoms with Crippen LogP contribution in [0, 0.1) is 10.7 Å². The Kier molecular flexibility index (Phi) is 6.95. The van der Waals surface area contributed by atoms with E-state index in [1.807, 2.05) is 67.8 Å². The lowest BCUT2D eigenvalue weighted by Crippen LogP contribution is -2.27. The van der Waals surface area contributed by atoms with E-state index in [1.165, 1.54) is 11.8 Å². The molecular weight excluding hydrogens is 646 g/mol. The number of hydrogen-bond acceptors (Lipinski definition) is 3. The molecule has 0 aliphatic heterocycles. The van der Waals surface area contributed by atoms with Gasteiger partial charge in [-0.15, -0.1) is 0 Å². The standard InChI is InChI=1S/C11H6Cl2I3NO3/c1-3(18)17(2)9-7(15)4(10(12)19)6(14)5(8(9)16)11(13)20/h1-2H3. The van der Waals surface area contributed by atoms with Crippen molar-refractivity contribution in [3.63, 3.8) is 0 Å². The second kappa shape index (κ2) is 7.38. The van der Waals surface area contributed by atoms with Crippen molar-refractivity contribution in [1.82, 2.24) is 0 Å². The number of nitrogens with zero attached hydrogens (tertiary/aromatic N) is 1. The van der Waals surface area contributed by atoms with Crippen LogP contribution >= 0.6 is 91.0 Å². The van der Waals surface area contributed by atoms with Gasteiger partial charge in [-0.1, -0.05) is 0 Å². The highest BCUT2D eigenvalue weighted by atomic mass is 127. The zero-order valence-electron chi connectivity index (χ0n) is 10.1. The van der Waals surface area contributed by atoms with Gasteiger partial charge < -0.3 is 4.90 Å². The van der Waals surface area contributed by atoms with Crippen LogP contribution in [0.3, 0.4) is 0 Å². The van der Waals surface area contributed by atoms with Crippen molar-refractivity contribution in [3.05, 3.63) is 21.8 Å². The Balaban J connectivity index is 3.90. The van der Waals surface area contributed by atoms with Crippen molar-refractivity contribution < 1.29 is 14.4 Å². The predicted molar refractivity (Wildman–Crippen MR) is 104 cm³/mol. The third-order valence-corrected chi connectivity index (χ3v) is 6.05. The predicted octanol–water partition coefficient (Wildman–Crippen LogP) is 4.24. The van der Waals surface area contributed by atoms with Crippen LogP contribution in [0.4, 0.5) is 5.69 Å². The number of anilines is 1. The molecule has 0 radical (unpaired) electrons. The summed E-state index contributed by atoms with van der Waals surface area (Å²) < 4.78 is 1.41. The molecule has 20 heavy (non-hydrogen) atoms. The number of carbonyl (C=O) groups excluding carboxylic acids is 3. The third kappa shape index (κ3) is 3.58. The molecule has 0 heterocycles. The highest BCUT2D eigenvalue weighted by Crippen LogP contribution is 2.38. The monoisotopic (exact) mass is 651 g/mol. The van der Waals surface area contributed by atoms with E-state index < -0.39 is 10.5 Å². The van der Waals surface area contributed by atoms with Crippen LogP contribution in [0.15, 0.2) is 0 Å². The molecule has 108 valence electrons. The van der Waals surface area contributed by atoms with Gasteiger partial charge in [0.1, 0.15) is 0 Å². The van der Waals surface area contributed by atoms with Crippen molar-refractivity contribution >= 4 is 113 Å². The SMILES string of the molecule is CC(=O)N(C)c1c(I)c(C(=O)Cl)c(I)c(C(=O)Cl)c1I. The highest BCUT2D eigenvalue weighted by Gasteiger charge is 2.28. The highest BCUT2D eigenvalue weighted by molar-refractivity contribution is 14.1. The lowest BCUT2D eigenvalue weighted by molar-refractivity contribution is -0.116. The fraction of sp³-hybridized carbons (Fsp3) is 0.182. The van der Waals surface area contributed by atoms with Gasteiger partial charge in [0.25, 0.3) is 10.5 Å². The third-order valence-electron chi connectivity index (χ3n) is 2.49. The first-order chi connectivity index (χ1) is 9.11. The first kappa shape index (κ1) is 18.8. The molecule has 0 fully saturated rings. The molecule has 0 unspecified atom stereocenters. The molecule has 1 aromatic rings. The summed E-state index contributed by atoms with van der Waals surface area (Å²) in [7, 11) is 1.56. The Labute approximate surface area is 166 Å². The van der Waals surface area contributed by atoms with Gasteiger partial charge in [0.15, 0.2) is 0 Å². The van der Waals surface area contributed by atoms with Crippen LogP contribution in [-0.4, -0.2) is 23.4 Å². The molecular formula is C11H6Cl2I3NO3. The van der Waals surface area contributed by atoms with Crippen LogP contribution in [0.2, 0.25) is 0 Å². The van der Waals surface area contributed by atoms with Crippen molar-refractivity contribution in [1.29, 1.82) is 0 Å². The summed E-state index contributed by atoms with van der Waals surface area (Å²) in [6.45, 7) is 1.38. The van der Waals surface area contributed by atoms with Crippen LogP contribution < -0.4 is 4.90 Å². The Morgan fingerprint density at radius 2 is 1.25 bits per heavy atom. The van der Waals surface area contributed by atoms with Crippen molar-refractivity contribution in [2.75, 3.05) is 11.9 Å². The minimum Gasteiger partial charge on any atom is -0.314 e. The average Bonchev–Trinajstić information content (AvgIpc) is 2.26. The quantitative estimate of drug-likeness (QED) is 0.363. The zero-order valence-corrected chi connectivity index (χ0v) is 18.0. The van der Waals surface area contributed by atoms with E-state index in [-0.39, 0.29) is 17.0 Å². The van der Waals surface area contributed by atoms with Crippen LogP contribution in [-0.2, 0) is 4.79 Å². The van der Waals surface area contributed by atoms with Crippen LogP contribution in [0.5, 0.6) is 0 Å². The van der Waals surface area contributed by atoms with Gasteiger partial charge in [-0.25, -0.2) is 0 Å². The summed E-state index contributed by atoms with van der Waals surface area (Å²) in [4.78, 5) is 36.2. The molecule has 0 atom stereocenters. The number of benzene rings is 1. The number of amides is 1. The second-order valence-electron chi connectivity index (χ2n) is 3.67. The lowest BCUT2D eigenvalue weighted by Gasteiger charge is -2.22. The summed E-state index contributed by atoms with van der Waals surface area (Å²) >= 11 is 16.9. The smallest absolute Gasteiger partial charge is 0.254 e. The zero-order chi connectivity index (χ0) is 15.8. The molecule has 0 aromatic heterocycles. The van der Waals surface area contributed by atoms with E-state index in [4.69, 9.17) is 23.2 Å². The maximum Gasteiger partial charge on any atom is 0.254 e. The summed E-state index contributed by atoms with van der Waals surface area (Å²) in [5.41, 5.74) is 0.813. The van der Waals surface area contributed by atoms with Crippen molar-refractivity contribution in [3.8, 4) is 0 Å². The first-order valence-electron chi connectivity index (χ1n) is 4.95. The molecule has 1 rings (SSSR count). The van der Waals surface area contributed by atoms with E-state index in [0.29, 0.717) is 16.4 Å².